The molecule has 1 unspecified atom stereocenters. The minimum absolute atomic E-state index is 0.0246. The first-order valence-electron chi connectivity index (χ1n) is 3.40. The molecule has 0 radical (unpaired) electrons. The SMILES string of the molecule is C=S(=O)(O)NCc1nc(C(=O)O)cs1. The molecule has 1 aromatic rings. The van der Waals surface area contributed by atoms with Gasteiger partial charge in [-0.15, -0.1) is 11.3 Å². The minimum atomic E-state index is -3.26. The van der Waals surface area contributed by atoms with Crippen molar-refractivity contribution < 1.29 is 18.7 Å². The van der Waals surface area contributed by atoms with Crippen molar-refractivity contribution in [3.63, 3.8) is 0 Å². The van der Waals surface area contributed by atoms with Crippen molar-refractivity contribution in [1.82, 2.24) is 9.71 Å². The largest absolute Gasteiger partial charge is 0.476 e. The molecule has 0 saturated heterocycles. The number of hydrogen-bond acceptors (Lipinski definition) is 4. The number of carboxylic acids is 1. The van der Waals surface area contributed by atoms with E-state index in [4.69, 9.17) is 9.66 Å². The standard InChI is InChI=1S/C6H8N2O4S2/c1-14(11,12)7-2-5-8-4(3-13-5)6(9)10/h3H,1-2H2,(H,9,10)(H2,7,11,12). The molecule has 0 aromatic carbocycles. The maximum absolute atomic E-state index is 10.7. The van der Waals surface area contributed by atoms with E-state index in [9.17, 15) is 9.00 Å². The molecule has 1 rings (SSSR count). The molecular weight excluding hydrogens is 228 g/mol. The summed E-state index contributed by atoms with van der Waals surface area (Å²) in [5, 5.41) is 10.3. The summed E-state index contributed by atoms with van der Waals surface area (Å²) in [5.41, 5.74) is -0.0692. The van der Waals surface area contributed by atoms with Gasteiger partial charge in [0.25, 0.3) is 0 Å². The van der Waals surface area contributed by atoms with E-state index in [2.05, 4.69) is 15.6 Å². The lowest BCUT2D eigenvalue weighted by Gasteiger charge is -2.00. The zero-order valence-electron chi connectivity index (χ0n) is 6.97. The van der Waals surface area contributed by atoms with Crippen molar-refractivity contribution >= 4 is 33.2 Å². The molecule has 0 spiro atoms. The molecule has 0 amide bonds. The van der Waals surface area contributed by atoms with Crippen molar-refractivity contribution in [2.45, 2.75) is 6.54 Å². The van der Waals surface area contributed by atoms with E-state index in [1.54, 1.807) is 0 Å². The van der Waals surface area contributed by atoms with Gasteiger partial charge in [-0.25, -0.2) is 18.7 Å². The van der Waals surface area contributed by atoms with Crippen molar-refractivity contribution in [2.24, 2.45) is 0 Å². The van der Waals surface area contributed by atoms with E-state index >= 15 is 0 Å². The van der Waals surface area contributed by atoms with Crippen LogP contribution < -0.4 is 4.72 Å². The van der Waals surface area contributed by atoms with Crippen molar-refractivity contribution in [2.75, 3.05) is 0 Å². The van der Waals surface area contributed by atoms with Gasteiger partial charge in [-0.2, -0.15) is 0 Å². The Hall–Kier alpha value is -0.960. The lowest BCUT2D eigenvalue weighted by atomic mass is 10.5. The van der Waals surface area contributed by atoms with Gasteiger partial charge in [-0.1, -0.05) is 0 Å². The van der Waals surface area contributed by atoms with Crippen LogP contribution in [0.5, 0.6) is 0 Å². The quantitative estimate of drug-likeness (QED) is 0.641. The number of carboxylic acid groups (broad SMARTS) is 1. The molecule has 0 aliphatic heterocycles. The summed E-state index contributed by atoms with van der Waals surface area (Å²) in [4.78, 5) is 14.1. The fourth-order valence-corrected chi connectivity index (χ4v) is 1.83. The number of rotatable bonds is 4. The molecule has 14 heavy (non-hydrogen) atoms. The molecule has 0 aliphatic carbocycles. The second kappa shape index (κ2) is 4.05. The monoisotopic (exact) mass is 236 g/mol. The van der Waals surface area contributed by atoms with E-state index in [0.29, 0.717) is 5.01 Å². The summed E-state index contributed by atoms with van der Waals surface area (Å²) in [7, 11) is -3.26. The third kappa shape index (κ3) is 3.42. The predicted molar refractivity (Wildman–Crippen MR) is 53.8 cm³/mol. The van der Waals surface area contributed by atoms with Gasteiger partial charge in [0.05, 0.1) is 6.54 Å². The fourth-order valence-electron chi connectivity index (χ4n) is 0.665. The van der Waals surface area contributed by atoms with Crippen LogP contribution in [0.4, 0.5) is 0 Å². The third-order valence-corrected chi connectivity index (χ3v) is 2.66. The highest BCUT2D eigenvalue weighted by molar-refractivity contribution is 7.93. The molecule has 1 aromatic heterocycles. The highest BCUT2D eigenvalue weighted by Gasteiger charge is 2.08. The van der Waals surface area contributed by atoms with Gasteiger partial charge in [-0.3, -0.25) is 0 Å². The topological polar surface area (TPSA) is 99.5 Å². The van der Waals surface area contributed by atoms with Crippen LogP contribution in [0.2, 0.25) is 0 Å². The summed E-state index contributed by atoms with van der Waals surface area (Å²) in [6.45, 7) is 0.0246. The third-order valence-electron chi connectivity index (χ3n) is 1.22. The number of nitrogens with one attached hydrogen (secondary N) is 1. The van der Waals surface area contributed by atoms with Gasteiger partial charge in [0.2, 0.25) is 0 Å². The average molecular weight is 236 g/mol. The van der Waals surface area contributed by atoms with Gasteiger partial charge in [0.1, 0.15) is 15.0 Å². The van der Waals surface area contributed by atoms with Crippen LogP contribution >= 0.6 is 11.3 Å². The Labute approximate surface area is 84.6 Å². The molecule has 0 aliphatic rings. The molecule has 78 valence electrons. The number of nitrogens with zero attached hydrogens (tertiary/aromatic N) is 1. The molecule has 3 N–H and O–H groups in total. The molecular formula is C6H8N2O4S2. The predicted octanol–water partition coefficient (Wildman–Crippen LogP) is 0.0353. The van der Waals surface area contributed by atoms with Crippen LogP contribution in [0.25, 0.3) is 0 Å². The van der Waals surface area contributed by atoms with Crippen LogP contribution in [0.15, 0.2) is 5.38 Å². The van der Waals surface area contributed by atoms with E-state index < -0.39 is 16.0 Å². The Balaban J connectivity index is 2.65. The fraction of sp³-hybridized carbons (Fsp3) is 0.167. The Morgan fingerprint density at radius 1 is 1.79 bits per heavy atom. The van der Waals surface area contributed by atoms with E-state index in [-0.39, 0.29) is 12.2 Å². The first-order chi connectivity index (χ1) is 6.38. The minimum Gasteiger partial charge on any atom is -0.476 e. The molecule has 0 bridgehead atoms. The van der Waals surface area contributed by atoms with Crippen LogP contribution in [0.1, 0.15) is 15.5 Å². The second-order valence-electron chi connectivity index (χ2n) is 2.39. The van der Waals surface area contributed by atoms with Crippen LogP contribution in [0.3, 0.4) is 0 Å². The lowest BCUT2D eigenvalue weighted by Crippen LogP contribution is -2.21. The number of thiazole rings is 1. The summed E-state index contributed by atoms with van der Waals surface area (Å²) in [6, 6.07) is 0. The van der Waals surface area contributed by atoms with Gasteiger partial charge in [-0.05, 0) is 5.87 Å². The molecule has 1 heterocycles. The first-order valence-corrected chi connectivity index (χ1v) is 5.97. The van der Waals surface area contributed by atoms with Gasteiger partial charge in [0, 0.05) is 5.38 Å². The Morgan fingerprint density at radius 3 is 2.86 bits per heavy atom. The zero-order chi connectivity index (χ0) is 10.8. The summed E-state index contributed by atoms with van der Waals surface area (Å²) in [6.07, 6.45) is 0. The number of aromatic nitrogens is 1. The molecule has 0 fully saturated rings. The first kappa shape index (κ1) is 11.1. The Kier molecular flexibility index (Phi) is 3.21. The molecule has 1 atom stereocenters. The second-order valence-corrected chi connectivity index (χ2v) is 4.91. The Morgan fingerprint density at radius 2 is 2.43 bits per heavy atom. The Bertz CT molecular complexity index is 436. The number of aromatic carboxylic acids is 1. The highest BCUT2D eigenvalue weighted by Crippen LogP contribution is 2.09. The number of carbonyl (C=O) groups is 1. The molecule has 0 saturated carbocycles. The van der Waals surface area contributed by atoms with Crippen molar-refractivity contribution in [3.05, 3.63) is 16.1 Å². The zero-order valence-corrected chi connectivity index (χ0v) is 8.60. The van der Waals surface area contributed by atoms with E-state index in [0.717, 1.165) is 11.3 Å². The summed E-state index contributed by atoms with van der Waals surface area (Å²) in [5.74, 6) is 1.84. The van der Waals surface area contributed by atoms with Crippen LogP contribution in [-0.4, -0.2) is 30.7 Å². The summed E-state index contributed by atoms with van der Waals surface area (Å²) >= 11 is 1.10. The van der Waals surface area contributed by atoms with Crippen LogP contribution in [0, 0.1) is 0 Å². The van der Waals surface area contributed by atoms with E-state index in [1.807, 2.05) is 0 Å². The average Bonchev–Trinajstić information content (AvgIpc) is 2.47. The highest BCUT2D eigenvalue weighted by atomic mass is 32.2. The smallest absolute Gasteiger partial charge is 0.355 e. The maximum Gasteiger partial charge on any atom is 0.355 e. The normalized spacial score (nSPS) is 14.9. The van der Waals surface area contributed by atoms with Crippen LogP contribution in [-0.2, 0) is 16.5 Å². The van der Waals surface area contributed by atoms with Gasteiger partial charge in [0.15, 0.2) is 5.69 Å². The summed E-state index contributed by atoms with van der Waals surface area (Å²) < 4.78 is 21.7. The maximum atomic E-state index is 10.7. The lowest BCUT2D eigenvalue weighted by molar-refractivity contribution is 0.0691. The van der Waals surface area contributed by atoms with Gasteiger partial charge >= 0.3 is 5.97 Å². The van der Waals surface area contributed by atoms with Gasteiger partial charge < -0.3 is 9.66 Å². The van der Waals surface area contributed by atoms with Crippen molar-refractivity contribution in [3.8, 4) is 0 Å². The molecule has 8 heteroatoms. The molecule has 6 nitrogen and oxygen atoms in total. The van der Waals surface area contributed by atoms with E-state index in [1.165, 1.54) is 5.38 Å². The number of hydrogen-bond donors (Lipinski definition) is 3. The van der Waals surface area contributed by atoms with Crippen molar-refractivity contribution in [1.29, 1.82) is 0 Å².